The number of pyridine rings is 1. The number of ether oxygens (including phenoxy) is 2. The summed E-state index contributed by atoms with van der Waals surface area (Å²) in [5.74, 6) is 2.53. The minimum atomic E-state index is -0.0688. The lowest BCUT2D eigenvalue weighted by Crippen LogP contribution is -2.26. The highest BCUT2D eigenvalue weighted by Crippen LogP contribution is 2.37. The first-order chi connectivity index (χ1) is 16.6. The summed E-state index contributed by atoms with van der Waals surface area (Å²) in [4.78, 5) is 27.3. The van der Waals surface area contributed by atoms with Gasteiger partial charge in [0.05, 0.1) is 18.3 Å². The van der Waals surface area contributed by atoms with Crippen LogP contribution in [-0.4, -0.2) is 50.4 Å². The monoisotopic (exact) mass is 456 g/mol. The fourth-order valence-corrected chi connectivity index (χ4v) is 4.30. The van der Waals surface area contributed by atoms with Crippen LogP contribution in [0.3, 0.4) is 0 Å². The Morgan fingerprint density at radius 2 is 2.06 bits per heavy atom. The molecule has 9 nitrogen and oxygen atoms in total. The zero-order chi connectivity index (χ0) is 23.7. The molecule has 0 spiro atoms. The smallest absolute Gasteiger partial charge is 0.245 e. The number of nitrogens with two attached hydrogens (primary N) is 1. The van der Waals surface area contributed by atoms with Gasteiger partial charge < -0.3 is 20.1 Å². The summed E-state index contributed by atoms with van der Waals surface area (Å²) in [7, 11) is 1.58. The van der Waals surface area contributed by atoms with Crippen LogP contribution in [0, 0.1) is 0 Å². The number of hydrogen-bond donors (Lipinski definition) is 1. The molecule has 0 bridgehead atoms. The van der Waals surface area contributed by atoms with E-state index in [1.54, 1.807) is 30.5 Å². The first-order valence-electron chi connectivity index (χ1n) is 10.9. The zero-order valence-electron chi connectivity index (χ0n) is 18.7. The third-order valence-corrected chi connectivity index (χ3v) is 5.95. The SMILES string of the molecule is C=CC(=O)N1CCC(c2nc(-c3ccc(Oc4ccccn4)c(OC)c3)n3c(N)nccc23)C1. The maximum Gasteiger partial charge on any atom is 0.245 e. The summed E-state index contributed by atoms with van der Waals surface area (Å²) in [6.45, 7) is 4.84. The highest BCUT2D eigenvalue weighted by Gasteiger charge is 2.30. The van der Waals surface area contributed by atoms with E-state index in [2.05, 4.69) is 16.5 Å². The lowest BCUT2D eigenvalue weighted by atomic mass is 10.0. The maximum atomic E-state index is 12.1. The Kier molecular flexibility index (Phi) is 5.59. The number of amides is 1. The highest BCUT2D eigenvalue weighted by molar-refractivity contribution is 5.87. The summed E-state index contributed by atoms with van der Waals surface area (Å²) in [6.07, 6.45) is 5.50. The Morgan fingerprint density at radius 3 is 2.82 bits per heavy atom. The Bertz CT molecular complexity index is 1370. The molecule has 5 rings (SSSR count). The highest BCUT2D eigenvalue weighted by atomic mass is 16.5. The molecule has 1 aromatic carbocycles. The molecule has 172 valence electrons. The minimum absolute atomic E-state index is 0.0688. The molecule has 1 aliphatic heterocycles. The molecule has 4 aromatic rings. The van der Waals surface area contributed by atoms with E-state index in [-0.39, 0.29) is 11.8 Å². The first kappa shape index (κ1) is 21.4. The second-order valence-electron chi connectivity index (χ2n) is 7.95. The normalized spacial score (nSPS) is 15.4. The van der Waals surface area contributed by atoms with Crippen LogP contribution in [0.2, 0.25) is 0 Å². The number of nitrogens with zero attached hydrogens (tertiary/aromatic N) is 5. The Balaban J connectivity index is 1.55. The van der Waals surface area contributed by atoms with E-state index in [4.69, 9.17) is 20.2 Å². The van der Waals surface area contributed by atoms with Gasteiger partial charge in [0, 0.05) is 43.0 Å². The van der Waals surface area contributed by atoms with Crippen molar-refractivity contribution < 1.29 is 14.3 Å². The summed E-state index contributed by atoms with van der Waals surface area (Å²) >= 11 is 0. The van der Waals surface area contributed by atoms with Gasteiger partial charge in [-0.1, -0.05) is 12.6 Å². The molecular weight excluding hydrogens is 432 g/mol. The molecule has 0 radical (unpaired) electrons. The Hall–Kier alpha value is -4.40. The molecule has 0 saturated carbocycles. The van der Waals surface area contributed by atoms with Crippen molar-refractivity contribution in [3.63, 3.8) is 0 Å². The first-order valence-corrected chi connectivity index (χ1v) is 10.9. The van der Waals surface area contributed by atoms with E-state index in [1.165, 1.54) is 6.08 Å². The minimum Gasteiger partial charge on any atom is -0.493 e. The van der Waals surface area contributed by atoms with Crippen molar-refractivity contribution in [2.24, 2.45) is 0 Å². The molecule has 1 saturated heterocycles. The number of imidazole rings is 1. The fraction of sp³-hybridized carbons (Fsp3) is 0.200. The molecule has 3 aromatic heterocycles. The number of benzene rings is 1. The van der Waals surface area contributed by atoms with Crippen molar-refractivity contribution in [1.82, 2.24) is 24.3 Å². The molecule has 1 aliphatic rings. The number of hydrogen-bond acceptors (Lipinski definition) is 7. The van der Waals surface area contributed by atoms with E-state index >= 15 is 0 Å². The summed E-state index contributed by atoms with van der Waals surface area (Å²) in [6, 6.07) is 12.9. The van der Waals surface area contributed by atoms with Gasteiger partial charge in [0.2, 0.25) is 17.7 Å². The maximum absolute atomic E-state index is 12.1. The molecular formula is C25H24N6O3. The van der Waals surface area contributed by atoms with Crippen LogP contribution in [0.25, 0.3) is 16.9 Å². The number of carbonyl (C=O) groups excluding carboxylic acids is 1. The van der Waals surface area contributed by atoms with Gasteiger partial charge in [-0.05, 0) is 42.8 Å². The van der Waals surface area contributed by atoms with Gasteiger partial charge in [-0.15, -0.1) is 0 Å². The third-order valence-electron chi connectivity index (χ3n) is 5.95. The van der Waals surface area contributed by atoms with Gasteiger partial charge >= 0.3 is 0 Å². The number of anilines is 1. The van der Waals surface area contributed by atoms with Crippen LogP contribution >= 0.6 is 0 Å². The average molecular weight is 457 g/mol. The van der Waals surface area contributed by atoms with Gasteiger partial charge in [-0.3, -0.25) is 9.20 Å². The predicted octanol–water partition coefficient (Wildman–Crippen LogP) is 3.68. The summed E-state index contributed by atoms with van der Waals surface area (Å²) in [5.41, 5.74) is 8.82. The zero-order valence-corrected chi connectivity index (χ0v) is 18.7. The number of aromatic nitrogens is 4. The average Bonchev–Trinajstić information content (AvgIpc) is 3.50. The van der Waals surface area contributed by atoms with Crippen molar-refractivity contribution in [3.05, 3.63) is 73.2 Å². The molecule has 4 heterocycles. The molecule has 0 aliphatic carbocycles. The number of likely N-dealkylation sites (tertiary alicyclic amines) is 1. The second-order valence-corrected chi connectivity index (χ2v) is 7.95. The largest absolute Gasteiger partial charge is 0.493 e. The lowest BCUT2D eigenvalue weighted by Gasteiger charge is -2.13. The van der Waals surface area contributed by atoms with Crippen molar-refractivity contribution in [1.29, 1.82) is 0 Å². The van der Waals surface area contributed by atoms with E-state index in [1.807, 2.05) is 40.8 Å². The second kappa shape index (κ2) is 8.86. The number of nitrogen functional groups attached to an aromatic ring is 1. The molecule has 34 heavy (non-hydrogen) atoms. The summed E-state index contributed by atoms with van der Waals surface area (Å²) < 4.78 is 13.3. The molecule has 1 amide bonds. The standard InChI is InChI=1S/C25H24N6O3/c1-3-22(32)30-13-10-17(15-30)23-18-9-12-28-25(26)31(18)24(29-23)16-7-8-19(20(14-16)33-2)34-21-6-4-5-11-27-21/h3-9,11-12,14,17H,1,10,13,15H2,2H3,(H2,26,28). The number of methoxy groups -OCH3 is 1. The number of rotatable bonds is 6. The van der Waals surface area contributed by atoms with Crippen LogP contribution in [0.15, 0.2) is 67.5 Å². The van der Waals surface area contributed by atoms with Gasteiger partial charge in [0.15, 0.2) is 11.5 Å². The predicted molar refractivity (Wildman–Crippen MR) is 128 cm³/mol. The van der Waals surface area contributed by atoms with Crippen LogP contribution < -0.4 is 15.2 Å². The van der Waals surface area contributed by atoms with Gasteiger partial charge in [-0.2, -0.15) is 0 Å². The Labute approximate surface area is 196 Å². The van der Waals surface area contributed by atoms with Crippen molar-refractivity contribution in [2.75, 3.05) is 25.9 Å². The topological polar surface area (TPSA) is 108 Å². The number of fused-ring (bicyclic) bond motifs is 1. The van der Waals surface area contributed by atoms with E-state index < -0.39 is 0 Å². The van der Waals surface area contributed by atoms with Gasteiger partial charge in [-0.25, -0.2) is 15.0 Å². The third kappa shape index (κ3) is 3.81. The van der Waals surface area contributed by atoms with E-state index in [0.717, 1.165) is 23.2 Å². The molecule has 1 fully saturated rings. The van der Waals surface area contributed by atoms with Crippen molar-refractivity contribution in [2.45, 2.75) is 12.3 Å². The quantitative estimate of drug-likeness (QED) is 0.441. The molecule has 9 heteroatoms. The molecule has 2 N–H and O–H groups in total. The van der Waals surface area contributed by atoms with Gasteiger partial charge in [0.25, 0.3) is 0 Å². The van der Waals surface area contributed by atoms with Crippen LogP contribution in [0.5, 0.6) is 17.4 Å². The van der Waals surface area contributed by atoms with Gasteiger partial charge in [0.1, 0.15) is 5.82 Å². The fourth-order valence-electron chi connectivity index (χ4n) is 4.30. The Morgan fingerprint density at radius 1 is 1.18 bits per heavy atom. The lowest BCUT2D eigenvalue weighted by molar-refractivity contribution is -0.125. The molecule has 1 unspecified atom stereocenters. The van der Waals surface area contributed by atoms with Crippen LogP contribution in [0.4, 0.5) is 5.95 Å². The van der Waals surface area contributed by atoms with Crippen molar-refractivity contribution in [3.8, 4) is 28.8 Å². The summed E-state index contributed by atoms with van der Waals surface area (Å²) in [5, 5.41) is 0. The van der Waals surface area contributed by atoms with Crippen LogP contribution in [0.1, 0.15) is 18.0 Å². The van der Waals surface area contributed by atoms with Crippen molar-refractivity contribution >= 4 is 17.4 Å². The molecule has 1 atom stereocenters. The number of carbonyl (C=O) groups is 1. The van der Waals surface area contributed by atoms with E-state index in [9.17, 15) is 4.79 Å². The van der Waals surface area contributed by atoms with E-state index in [0.29, 0.717) is 42.2 Å². The van der Waals surface area contributed by atoms with Crippen LogP contribution in [-0.2, 0) is 4.79 Å².